The van der Waals surface area contributed by atoms with Gasteiger partial charge in [-0.15, -0.1) is 0 Å². The van der Waals surface area contributed by atoms with Gasteiger partial charge in [0.15, 0.2) is 0 Å². The number of hydrogen-bond acceptors (Lipinski definition) is 4. The van der Waals surface area contributed by atoms with Crippen molar-refractivity contribution < 1.29 is 37.0 Å². The first-order valence-corrected chi connectivity index (χ1v) is 12.1. The number of ether oxygens (including phenoxy) is 2. The number of rotatable bonds is 6. The van der Waals surface area contributed by atoms with E-state index in [-0.39, 0.29) is 30.0 Å². The van der Waals surface area contributed by atoms with E-state index in [1.165, 1.54) is 32.4 Å². The third-order valence-corrected chi connectivity index (χ3v) is 6.93. The standard InChI is InChI=1S/C29H31NO4.ClH/c1-20-26-14-11-24(32)19-27(26)34-29(28(20)21-5-9-23(31)10-6-21)22-7-12-25(13-8-22)33-18-17-30-15-3-2-4-16-30;/h5-14,19,29,31-32H,2-4,15-18H2,1H3;1H/t29-;/m0./s1. The summed E-state index contributed by atoms with van der Waals surface area (Å²) in [7, 11) is 0. The fourth-order valence-electron chi connectivity index (χ4n) is 5.04. The largest absolute Gasteiger partial charge is 1.00 e. The molecule has 3 aromatic carbocycles. The summed E-state index contributed by atoms with van der Waals surface area (Å²) in [5, 5.41) is 19.8. The molecule has 5 rings (SSSR count). The predicted molar refractivity (Wildman–Crippen MR) is 133 cm³/mol. The van der Waals surface area contributed by atoms with Gasteiger partial charge in [-0.3, -0.25) is 0 Å². The molecular weight excluding hydrogens is 462 g/mol. The highest BCUT2D eigenvalue weighted by atomic mass is 35.5. The number of benzene rings is 3. The number of phenolic OH excluding ortho intramolecular Hbond substituents is 2. The van der Waals surface area contributed by atoms with Crippen LogP contribution in [0.4, 0.5) is 0 Å². The van der Waals surface area contributed by atoms with Gasteiger partial charge in [0.1, 0.15) is 42.3 Å². The van der Waals surface area contributed by atoms with Crippen LogP contribution in [0.3, 0.4) is 0 Å². The van der Waals surface area contributed by atoms with Gasteiger partial charge in [0, 0.05) is 17.2 Å². The van der Waals surface area contributed by atoms with E-state index in [0.717, 1.165) is 46.7 Å². The maximum absolute atomic E-state index is 10.0. The normalized spacial score (nSPS) is 17.8. The number of hydrogen-bond donors (Lipinski definition) is 3. The molecule has 0 amide bonds. The highest BCUT2D eigenvalue weighted by Gasteiger charge is 2.29. The quantitative estimate of drug-likeness (QED) is 0.488. The smallest absolute Gasteiger partial charge is 0.150 e. The number of likely N-dealkylation sites (tertiary alicyclic amines) is 1. The molecule has 0 radical (unpaired) electrons. The molecule has 5 nitrogen and oxygen atoms in total. The number of aromatic hydroxyl groups is 2. The zero-order chi connectivity index (χ0) is 23.5. The van der Waals surface area contributed by atoms with E-state index in [2.05, 4.69) is 19.1 Å². The van der Waals surface area contributed by atoms with Gasteiger partial charge in [0.2, 0.25) is 0 Å². The molecule has 6 heteroatoms. The van der Waals surface area contributed by atoms with Gasteiger partial charge in [-0.25, -0.2) is 0 Å². The molecule has 3 aromatic rings. The Labute approximate surface area is 213 Å². The van der Waals surface area contributed by atoms with Crippen LogP contribution in [-0.2, 0) is 0 Å². The zero-order valence-electron chi connectivity index (χ0n) is 20.0. The van der Waals surface area contributed by atoms with Crippen LogP contribution in [0.5, 0.6) is 23.0 Å². The molecule has 2 heterocycles. The minimum atomic E-state index is -0.342. The van der Waals surface area contributed by atoms with Crippen molar-refractivity contribution in [3.63, 3.8) is 0 Å². The molecule has 2 aliphatic heterocycles. The topological polar surface area (TPSA) is 63.4 Å². The average Bonchev–Trinajstić information content (AvgIpc) is 2.86. The molecule has 35 heavy (non-hydrogen) atoms. The summed E-state index contributed by atoms with van der Waals surface area (Å²) in [4.78, 5) is 1.64. The fraction of sp³-hybridized carbons (Fsp3) is 0.310. The number of piperidine rings is 1. The second-order valence-corrected chi connectivity index (χ2v) is 9.24. The molecule has 3 N–H and O–H groups in total. The SMILES string of the molecule is CC1=C(c2ccc(O)cc2)[C@H](c2ccc(OCC[NH+]3CCCCC3)cc2)Oc2cc(O)ccc21.[Cl-]. The third-order valence-electron chi connectivity index (χ3n) is 6.93. The van der Waals surface area contributed by atoms with Crippen molar-refractivity contribution in [2.45, 2.75) is 32.3 Å². The van der Waals surface area contributed by atoms with Crippen LogP contribution >= 0.6 is 0 Å². The third kappa shape index (κ3) is 5.58. The number of fused-ring (bicyclic) bond motifs is 1. The summed E-state index contributed by atoms with van der Waals surface area (Å²) in [6.45, 7) is 6.35. The lowest BCUT2D eigenvalue weighted by atomic mass is 9.86. The van der Waals surface area contributed by atoms with E-state index in [4.69, 9.17) is 9.47 Å². The second kappa shape index (κ2) is 11.1. The van der Waals surface area contributed by atoms with E-state index in [1.807, 2.05) is 30.3 Å². The maximum Gasteiger partial charge on any atom is 0.150 e. The van der Waals surface area contributed by atoms with Crippen LogP contribution in [0.15, 0.2) is 66.7 Å². The monoisotopic (exact) mass is 493 g/mol. The fourth-order valence-corrected chi connectivity index (χ4v) is 5.04. The van der Waals surface area contributed by atoms with Crippen LogP contribution in [0.2, 0.25) is 0 Å². The summed E-state index contributed by atoms with van der Waals surface area (Å²) in [6.07, 6.45) is 3.66. The molecule has 1 saturated heterocycles. The Kier molecular flexibility index (Phi) is 7.89. The molecule has 0 aromatic heterocycles. The molecule has 1 atom stereocenters. The minimum absolute atomic E-state index is 0. The van der Waals surface area contributed by atoms with Crippen molar-refractivity contribution in [2.24, 2.45) is 0 Å². The Morgan fingerprint density at radius 1 is 0.886 bits per heavy atom. The zero-order valence-corrected chi connectivity index (χ0v) is 20.7. The summed E-state index contributed by atoms with van der Waals surface area (Å²) in [5.74, 6) is 1.93. The molecule has 2 aliphatic rings. The van der Waals surface area contributed by atoms with Crippen LogP contribution < -0.4 is 26.8 Å². The van der Waals surface area contributed by atoms with Crippen molar-refractivity contribution in [3.05, 3.63) is 83.4 Å². The Balaban J connectivity index is 0.00000289. The molecule has 1 fully saturated rings. The summed E-state index contributed by atoms with van der Waals surface area (Å²) < 4.78 is 12.5. The lowest BCUT2D eigenvalue weighted by Crippen LogP contribution is -3.13. The summed E-state index contributed by atoms with van der Waals surface area (Å²) in [5.41, 5.74) is 5.08. The van der Waals surface area contributed by atoms with Crippen LogP contribution in [0, 0.1) is 0 Å². The minimum Gasteiger partial charge on any atom is -1.00 e. The van der Waals surface area contributed by atoms with Gasteiger partial charge in [0.25, 0.3) is 0 Å². The van der Waals surface area contributed by atoms with E-state index >= 15 is 0 Å². The van der Waals surface area contributed by atoms with E-state index < -0.39 is 0 Å². The van der Waals surface area contributed by atoms with Gasteiger partial charge >= 0.3 is 0 Å². The predicted octanol–water partition coefficient (Wildman–Crippen LogP) is 1.61. The molecular formula is C29H32ClNO4. The van der Waals surface area contributed by atoms with Gasteiger partial charge in [-0.05, 0) is 79.3 Å². The van der Waals surface area contributed by atoms with Crippen molar-refractivity contribution in [2.75, 3.05) is 26.2 Å². The first-order valence-electron chi connectivity index (χ1n) is 12.1. The van der Waals surface area contributed by atoms with Crippen molar-refractivity contribution in [3.8, 4) is 23.0 Å². The maximum atomic E-state index is 10.0. The molecule has 0 spiro atoms. The number of nitrogens with one attached hydrogen (secondary N) is 1. The number of halogens is 1. The van der Waals surface area contributed by atoms with Crippen LogP contribution in [0.25, 0.3) is 11.1 Å². The summed E-state index contributed by atoms with van der Waals surface area (Å²) >= 11 is 0. The lowest BCUT2D eigenvalue weighted by molar-refractivity contribution is -0.904. The second-order valence-electron chi connectivity index (χ2n) is 9.24. The highest BCUT2D eigenvalue weighted by Crippen LogP contribution is 2.47. The Morgan fingerprint density at radius 3 is 2.29 bits per heavy atom. The van der Waals surface area contributed by atoms with Crippen molar-refractivity contribution in [1.29, 1.82) is 0 Å². The van der Waals surface area contributed by atoms with Gasteiger partial charge in [-0.2, -0.15) is 0 Å². The van der Waals surface area contributed by atoms with E-state index in [9.17, 15) is 10.2 Å². The van der Waals surface area contributed by atoms with Crippen molar-refractivity contribution in [1.82, 2.24) is 0 Å². The molecule has 0 unspecified atom stereocenters. The summed E-state index contributed by atoms with van der Waals surface area (Å²) in [6, 6.07) is 20.6. The Bertz CT molecular complexity index is 1170. The van der Waals surface area contributed by atoms with E-state index in [0.29, 0.717) is 5.75 Å². The molecule has 0 bridgehead atoms. The first kappa shape index (κ1) is 25.0. The first-order chi connectivity index (χ1) is 16.6. The number of quaternary nitrogens is 1. The van der Waals surface area contributed by atoms with Crippen LogP contribution in [-0.4, -0.2) is 36.5 Å². The van der Waals surface area contributed by atoms with E-state index in [1.54, 1.807) is 29.2 Å². The Hall–Kier alpha value is -3.15. The molecule has 184 valence electrons. The number of allylic oxidation sites excluding steroid dienone is 1. The van der Waals surface area contributed by atoms with Gasteiger partial charge in [0.05, 0.1) is 13.1 Å². The molecule has 0 aliphatic carbocycles. The van der Waals surface area contributed by atoms with Gasteiger partial charge in [-0.1, -0.05) is 24.3 Å². The van der Waals surface area contributed by atoms with Crippen molar-refractivity contribution >= 4 is 11.1 Å². The highest BCUT2D eigenvalue weighted by molar-refractivity contribution is 5.95. The van der Waals surface area contributed by atoms with Gasteiger partial charge < -0.3 is 37.0 Å². The lowest BCUT2D eigenvalue weighted by Gasteiger charge is -2.31. The Morgan fingerprint density at radius 2 is 1.57 bits per heavy atom. The molecule has 0 saturated carbocycles. The van der Waals surface area contributed by atoms with Crippen LogP contribution in [0.1, 0.15) is 49.0 Å². The number of phenols is 2. The average molecular weight is 494 g/mol.